The number of aromatic nitrogens is 3. The van der Waals surface area contributed by atoms with Gasteiger partial charge in [-0.3, -0.25) is 14.6 Å². The molecule has 8 heteroatoms. The monoisotopic (exact) mass is 379 g/mol. The summed E-state index contributed by atoms with van der Waals surface area (Å²) >= 11 is 0. The zero-order valence-electron chi connectivity index (χ0n) is 15.4. The van der Waals surface area contributed by atoms with E-state index >= 15 is 0 Å². The first-order valence-corrected chi connectivity index (χ1v) is 9.29. The van der Waals surface area contributed by atoms with Gasteiger partial charge in [0.05, 0.1) is 18.5 Å². The van der Waals surface area contributed by atoms with Crippen molar-refractivity contribution in [2.24, 2.45) is 0 Å². The quantitative estimate of drug-likeness (QED) is 0.683. The molecular formula is C20H21N5O3. The molecule has 0 atom stereocenters. The maximum Gasteiger partial charge on any atom is 0.287 e. The Morgan fingerprint density at radius 2 is 2.00 bits per heavy atom. The van der Waals surface area contributed by atoms with Crippen LogP contribution in [0.4, 0.5) is 0 Å². The summed E-state index contributed by atoms with van der Waals surface area (Å²) in [5, 5.41) is 5.68. The molecule has 4 heterocycles. The third-order valence-corrected chi connectivity index (χ3v) is 4.72. The molecule has 2 amide bonds. The normalized spacial score (nSPS) is 13.0. The Balaban J connectivity index is 1.51. The highest BCUT2D eigenvalue weighted by Crippen LogP contribution is 2.21. The molecule has 3 aromatic heterocycles. The minimum Gasteiger partial charge on any atom is -0.467 e. The second-order valence-electron chi connectivity index (χ2n) is 6.65. The average molecular weight is 379 g/mol. The Labute approximate surface area is 162 Å². The summed E-state index contributed by atoms with van der Waals surface area (Å²) in [4.78, 5) is 33.8. The first-order chi connectivity index (χ1) is 13.7. The highest BCUT2D eigenvalue weighted by molar-refractivity contribution is 5.97. The molecule has 0 aromatic carbocycles. The molecule has 0 bridgehead atoms. The Hall–Kier alpha value is -3.42. The Bertz CT molecular complexity index is 963. The standard InChI is InChI=1S/C20H21N5O3/c26-19(23-13-15-6-4-10-28-15)17-16-7-1-2-9-25(16)18(24-17)20(27)22-12-14-5-3-8-21-11-14/h3-6,8,10-11H,1-2,7,9,12-13H2,(H,22,27)(H,23,26). The third kappa shape index (κ3) is 3.80. The third-order valence-electron chi connectivity index (χ3n) is 4.72. The van der Waals surface area contributed by atoms with E-state index in [0.717, 1.165) is 30.5 Å². The van der Waals surface area contributed by atoms with E-state index in [0.29, 0.717) is 24.5 Å². The highest BCUT2D eigenvalue weighted by Gasteiger charge is 2.27. The predicted octanol–water partition coefficient (Wildman–Crippen LogP) is 2.07. The molecule has 0 saturated carbocycles. The molecule has 2 N–H and O–H groups in total. The van der Waals surface area contributed by atoms with Crippen molar-refractivity contribution >= 4 is 11.8 Å². The van der Waals surface area contributed by atoms with Crippen molar-refractivity contribution in [1.29, 1.82) is 0 Å². The zero-order valence-corrected chi connectivity index (χ0v) is 15.4. The van der Waals surface area contributed by atoms with Crippen LogP contribution in [-0.2, 0) is 26.1 Å². The van der Waals surface area contributed by atoms with E-state index in [-0.39, 0.29) is 24.2 Å². The van der Waals surface area contributed by atoms with Gasteiger partial charge in [0.15, 0.2) is 5.82 Å². The number of rotatable bonds is 6. The van der Waals surface area contributed by atoms with Crippen LogP contribution in [0.15, 0.2) is 47.3 Å². The lowest BCUT2D eigenvalue weighted by atomic mass is 10.1. The van der Waals surface area contributed by atoms with Gasteiger partial charge >= 0.3 is 0 Å². The molecule has 144 valence electrons. The molecule has 0 saturated heterocycles. The summed E-state index contributed by atoms with van der Waals surface area (Å²) in [5.41, 5.74) is 2.03. The second-order valence-corrected chi connectivity index (χ2v) is 6.65. The Kier molecular flexibility index (Phi) is 5.18. The number of furan rings is 1. The van der Waals surface area contributed by atoms with Gasteiger partial charge in [-0.2, -0.15) is 0 Å². The number of carbonyl (C=O) groups excluding carboxylic acids is 2. The zero-order chi connectivity index (χ0) is 19.3. The van der Waals surface area contributed by atoms with Gasteiger partial charge < -0.3 is 19.6 Å². The molecule has 0 unspecified atom stereocenters. The Morgan fingerprint density at radius 1 is 1.11 bits per heavy atom. The fourth-order valence-corrected chi connectivity index (χ4v) is 3.33. The lowest BCUT2D eigenvalue weighted by molar-refractivity contribution is 0.0935. The summed E-state index contributed by atoms with van der Waals surface area (Å²) in [6, 6.07) is 7.27. The number of imidazole rings is 1. The summed E-state index contributed by atoms with van der Waals surface area (Å²) in [6.07, 6.45) is 7.61. The minimum atomic E-state index is -0.298. The van der Waals surface area contributed by atoms with E-state index in [1.165, 1.54) is 0 Å². The van der Waals surface area contributed by atoms with Gasteiger partial charge in [-0.25, -0.2) is 4.98 Å². The summed E-state index contributed by atoms with van der Waals surface area (Å²) in [6.45, 7) is 1.32. The van der Waals surface area contributed by atoms with Gasteiger partial charge in [0, 0.05) is 25.5 Å². The van der Waals surface area contributed by atoms with Gasteiger partial charge in [-0.1, -0.05) is 6.07 Å². The van der Waals surface area contributed by atoms with E-state index in [1.54, 1.807) is 30.8 Å². The maximum atomic E-state index is 12.7. The minimum absolute atomic E-state index is 0.278. The van der Waals surface area contributed by atoms with E-state index in [2.05, 4.69) is 20.6 Å². The number of pyridine rings is 1. The molecule has 1 aliphatic heterocycles. The Morgan fingerprint density at radius 3 is 2.79 bits per heavy atom. The number of hydrogen-bond donors (Lipinski definition) is 2. The van der Waals surface area contributed by atoms with E-state index in [9.17, 15) is 9.59 Å². The van der Waals surface area contributed by atoms with Gasteiger partial charge in [-0.15, -0.1) is 0 Å². The molecule has 4 rings (SSSR count). The number of amides is 2. The summed E-state index contributed by atoms with van der Waals surface area (Å²) in [7, 11) is 0. The lowest BCUT2D eigenvalue weighted by Gasteiger charge is -2.17. The van der Waals surface area contributed by atoms with E-state index in [1.807, 2.05) is 16.7 Å². The second kappa shape index (κ2) is 8.08. The van der Waals surface area contributed by atoms with Crippen molar-refractivity contribution in [3.8, 4) is 0 Å². The molecule has 8 nitrogen and oxygen atoms in total. The van der Waals surface area contributed by atoms with Crippen LogP contribution in [-0.4, -0.2) is 26.3 Å². The number of nitrogens with one attached hydrogen (secondary N) is 2. The lowest BCUT2D eigenvalue weighted by Crippen LogP contribution is -2.27. The number of hydrogen-bond acceptors (Lipinski definition) is 5. The number of carbonyl (C=O) groups is 2. The molecule has 28 heavy (non-hydrogen) atoms. The predicted molar refractivity (Wildman–Crippen MR) is 100 cm³/mol. The first kappa shape index (κ1) is 18.0. The van der Waals surface area contributed by atoms with Crippen LogP contribution in [0.3, 0.4) is 0 Å². The summed E-state index contributed by atoms with van der Waals surface area (Å²) < 4.78 is 7.11. The maximum absolute atomic E-state index is 12.7. The van der Waals surface area contributed by atoms with E-state index in [4.69, 9.17) is 4.42 Å². The molecular weight excluding hydrogens is 358 g/mol. The van der Waals surface area contributed by atoms with Gasteiger partial charge in [-0.05, 0) is 43.0 Å². The van der Waals surface area contributed by atoms with Crippen molar-refractivity contribution in [2.45, 2.75) is 38.9 Å². The average Bonchev–Trinajstić information content (AvgIpc) is 3.39. The van der Waals surface area contributed by atoms with Crippen molar-refractivity contribution in [3.63, 3.8) is 0 Å². The molecule has 0 spiro atoms. The smallest absolute Gasteiger partial charge is 0.287 e. The molecule has 0 radical (unpaired) electrons. The van der Waals surface area contributed by atoms with Crippen LogP contribution in [0.2, 0.25) is 0 Å². The SMILES string of the molecule is O=C(NCc1ccco1)c1nc(C(=O)NCc2cccnc2)n2c1CCCC2. The molecule has 0 aliphatic carbocycles. The molecule has 0 fully saturated rings. The van der Waals surface area contributed by atoms with Gasteiger partial charge in [0.2, 0.25) is 0 Å². The van der Waals surface area contributed by atoms with Crippen LogP contribution in [0.25, 0.3) is 0 Å². The largest absolute Gasteiger partial charge is 0.467 e. The number of nitrogens with zero attached hydrogens (tertiary/aromatic N) is 3. The van der Waals surface area contributed by atoms with Gasteiger partial charge in [0.1, 0.15) is 11.5 Å². The van der Waals surface area contributed by atoms with Gasteiger partial charge in [0.25, 0.3) is 11.8 Å². The van der Waals surface area contributed by atoms with Crippen molar-refractivity contribution in [1.82, 2.24) is 25.2 Å². The van der Waals surface area contributed by atoms with E-state index < -0.39 is 0 Å². The number of fused-ring (bicyclic) bond motifs is 1. The van der Waals surface area contributed by atoms with Crippen LogP contribution in [0.1, 0.15) is 51.0 Å². The van der Waals surface area contributed by atoms with Crippen LogP contribution >= 0.6 is 0 Å². The molecule has 1 aliphatic rings. The first-order valence-electron chi connectivity index (χ1n) is 9.29. The van der Waals surface area contributed by atoms with Crippen molar-refractivity contribution < 1.29 is 14.0 Å². The molecule has 3 aromatic rings. The fraction of sp³-hybridized carbons (Fsp3) is 0.300. The van der Waals surface area contributed by atoms with Crippen LogP contribution < -0.4 is 10.6 Å². The van der Waals surface area contributed by atoms with Crippen LogP contribution in [0, 0.1) is 0 Å². The highest BCUT2D eigenvalue weighted by atomic mass is 16.3. The fourth-order valence-electron chi connectivity index (χ4n) is 3.33. The summed E-state index contributed by atoms with van der Waals surface area (Å²) in [5.74, 6) is 0.350. The van der Waals surface area contributed by atoms with Crippen molar-refractivity contribution in [2.75, 3.05) is 0 Å². The topological polar surface area (TPSA) is 102 Å². The van der Waals surface area contributed by atoms with Crippen LogP contribution in [0.5, 0.6) is 0 Å². The van der Waals surface area contributed by atoms with Crippen molar-refractivity contribution in [3.05, 3.63) is 71.5 Å².